The highest BCUT2D eigenvalue weighted by Crippen LogP contribution is 2.29. The Labute approximate surface area is 233 Å². The Morgan fingerprint density at radius 1 is 0.750 bits per heavy atom. The van der Waals surface area contributed by atoms with E-state index < -0.39 is 0 Å². The van der Waals surface area contributed by atoms with Gasteiger partial charge in [-0.1, -0.05) is 79.8 Å². The molecule has 2 aliphatic carbocycles. The minimum absolute atomic E-state index is 0.286. The van der Waals surface area contributed by atoms with Crippen LogP contribution in [0.3, 0.4) is 0 Å². The molecule has 3 aromatic carbocycles. The second-order valence-electron chi connectivity index (χ2n) is 9.10. The SMILES string of the molecule is CCc1oc2cc(N)ccc2c1/C=C\CN.N=C1C=Cc2ccccc2C1=N.N=C1C=Cc2ccccc2C1=N. The third kappa shape index (κ3) is 6.11. The molecule has 0 atom stereocenters. The summed E-state index contributed by atoms with van der Waals surface area (Å²) in [6.45, 7) is 2.60. The number of allylic oxidation sites excluding steroid dienone is 2. The molecule has 0 radical (unpaired) electrons. The lowest BCUT2D eigenvalue weighted by molar-refractivity contribution is 0.556. The van der Waals surface area contributed by atoms with Gasteiger partial charge in [-0.2, -0.15) is 0 Å². The standard InChI is InChI=1S/C13H16N2O.2C10H8N2/c1-2-12-10(4-3-7-14)11-6-5-9(15)8-13(11)16-12;2*11-9-6-5-7-3-1-2-4-8(7)10(9)12/h3-6,8H,2,7,14-15H2,1H3;2*1-6,11-12H/b4-3-;;. The van der Waals surface area contributed by atoms with Gasteiger partial charge in [0.05, 0.1) is 22.8 Å². The molecule has 7 heteroatoms. The molecular weight excluding hydrogens is 496 g/mol. The van der Waals surface area contributed by atoms with Gasteiger partial charge in [0.2, 0.25) is 0 Å². The molecule has 0 bridgehead atoms. The third-order valence-corrected chi connectivity index (χ3v) is 6.43. The summed E-state index contributed by atoms with van der Waals surface area (Å²) >= 11 is 0. The smallest absolute Gasteiger partial charge is 0.136 e. The van der Waals surface area contributed by atoms with Gasteiger partial charge in [0, 0.05) is 46.8 Å². The van der Waals surface area contributed by atoms with E-state index in [1.807, 2.05) is 91.0 Å². The molecule has 0 spiro atoms. The van der Waals surface area contributed by atoms with Gasteiger partial charge < -0.3 is 15.9 Å². The summed E-state index contributed by atoms with van der Waals surface area (Å²) in [5, 5.41) is 31.1. The molecule has 4 aromatic rings. The van der Waals surface area contributed by atoms with Crippen molar-refractivity contribution >= 4 is 57.7 Å². The Morgan fingerprint density at radius 2 is 1.30 bits per heavy atom. The van der Waals surface area contributed by atoms with Gasteiger partial charge >= 0.3 is 0 Å². The molecule has 200 valence electrons. The molecule has 7 nitrogen and oxygen atoms in total. The van der Waals surface area contributed by atoms with Gasteiger partial charge in [-0.15, -0.1) is 0 Å². The second kappa shape index (κ2) is 12.6. The van der Waals surface area contributed by atoms with Crippen molar-refractivity contribution in [2.45, 2.75) is 13.3 Å². The average molecular weight is 529 g/mol. The Hall–Kier alpha value is -5.14. The first-order chi connectivity index (χ1) is 19.3. The summed E-state index contributed by atoms with van der Waals surface area (Å²) < 4.78 is 5.75. The third-order valence-electron chi connectivity index (χ3n) is 6.43. The van der Waals surface area contributed by atoms with Gasteiger partial charge in [-0.05, 0) is 35.4 Å². The van der Waals surface area contributed by atoms with Crippen LogP contribution in [0.25, 0.3) is 29.2 Å². The maximum Gasteiger partial charge on any atom is 0.136 e. The Morgan fingerprint density at radius 3 is 1.82 bits per heavy atom. The highest BCUT2D eigenvalue weighted by atomic mass is 16.3. The van der Waals surface area contributed by atoms with Crippen LogP contribution in [0, 0.1) is 21.6 Å². The quantitative estimate of drug-likeness (QED) is 0.162. The summed E-state index contributed by atoms with van der Waals surface area (Å²) in [6, 6.07) is 21.0. The number of nitrogens with one attached hydrogen (secondary N) is 4. The molecule has 1 heterocycles. The van der Waals surface area contributed by atoms with Crippen LogP contribution in [0.15, 0.2) is 89.4 Å². The van der Waals surface area contributed by atoms with Gasteiger partial charge in [0.15, 0.2) is 0 Å². The summed E-state index contributed by atoms with van der Waals surface area (Å²) in [7, 11) is 0. The van der Waals surface area contributed by atoms with Crippen LogP contribution < -0.4 is 11.5 Å². The fourth-order valence-corrected chi connectivity index (χ4v) is 4.36. The number of fused-ring (bicyclic) bond motifs is 3. The van der Waals surface area contributed by atoms with E-state index in [2.05, 4.69) is 6.92 Å². The van der Waals surface area contributed by atoms with Crippen molar-refractivity contribution in [3.63, 3.8) is 0 Å². The Bertz CT molecular complexity index is 1630. The van der Waals surface area contributed by atoms with Gasteiger partial charge in [0.25, 0.3) is 0 Å². The first kappa shape index (κ1) is 27.9. The molecule has 0 aliphatic heterocycles. The van der Waals surface area contributed by atoms with E-state index in [-0.39, 0.29) is 11.4 Å². The zero-order valence-corrected chi connectivity index (χ0v) is 22.3. The topological polar surface area (TPSA) is 161 Å². The van der Waals surface area contributed by atoms with Crippen LogP contribution >= 0.6 is 0 Å². The number of hydrogen-bond donors (Lipinski definition) is 6. The highest BCUT2D eigenvalue weighted by molar-refractivity contribution is 6.52. The van der Waals surface area contributed by atoms with Crippen molar-refractivity contribution < 1.29 is 4.42 Å². The van der Waals surface area contributed by atoms with Crippen LogP contribution in [-0.2, 0) is 6.42 Å². The molecule has 8 N–H and O–H groups in total. The lowest BCUT2D eigenvalue weighted by Crippen LogP contribution is -2.15. The molecule has 1 aromatic heterocycles. The van der Waals surface area contributed by atoms with Crippen molar-refractivity contribution in [3.05, 3.63) is 119 Å². The maximum atomic E-state index is 7.60. The van der Waals surface area contributed by atoms with Crippen LogP contribution in [0.5, 0.6) is 0 Å². The van der Waals surface area contributed by atoms with Crippen molar-refractivity contribution in [2.24, 2.45) is 5.73 Å². The van der Waals surface area contributed by atoms with E-state index in [0.29, 0.717) is 18.0 Å². The van der Waals surface area contributed by atoms with E-state index in [0.717, 1.165) is 56.7 Å². The fourth-order valence-electron chi connectivity index (χ4n) is 4.36. The molecular formula is C33H32N6O. The largest absolute Gasteiger partial charge is 0.460 e. The first-order valence-corrected chi connectivity index (χ1v) is 12.9. The number of benzene rings is 3. The summed E-state index contributed by atoms with van der Waals surface area (Å²) in [4.78, 5) is 0. The van der Waals surface area contributed by atoms with Crippen LogP contribution in [0.4, 0.5) is 5.69 Å². The maximum absolute atomic E-state index is 7.60. The summed E-state index contributed by atoms with van der Waals surface area (Å²) in [5.74, 6) is 0.977. The van der Waals surface area contributed by atoms with Crippen LogP contribution in [0.2, 0.25) is 0 Å². The predicted octanol–water partition coefficient (Wildman–Crippen LogP) is 6.75. The number of rotatable bonds is 3. The van der Waals surface area contributed by atoms with Crippen molar-refractivity contribution in [2.75, 3.05) is 12.3 Å². The van der Waals surface area contributed by atoms with Gasteiger partial charge in [-0.25, -0.2) is 0 Å². The van der Waals surface area contributed by atoms with E-state index in [9.17, 15) is 0 Å². The monoisotopic (exact) mass is 528 g/mol. The Kier molecular flexibility index (Phi) is 8.79. The number of nitrogen functional groups attached to an aromatic ring is 1. The lowest BCUT2D eigenvalue weighted by atomic mass is 9.94. The normalized spacial score (nSPS) is 13.4. The first-order valence-electron chi connectivity index (χ1n) is 12.9. The van der Waals surface area contributed by atoms with Gasteiger partial charge in [0.1, 0.15) is 11.3 Å². The minimum Gasteiger partial charge on any atom is -0.460 e. The Balaban J connectivity index is 0.000000141. The zero-order chi connectivity index (χ0) is 28.6. The number of nitrogens with two attached hydrogens (primary N) is 2. The van der Waals surface area contributed by atoms with Gasteiger partial charge in [-0.3, -0.25) is 21.6 Å². The molecule has 40 heavy (non-hydrogen) atoms. The average Bonchev–Trinajstić information content (AvgIpc) is 3.33. The van der Waals surface area contributed by atoms with Crippen molar-refractivity contribution in [3.8, 4) is 0 Å². The van der Waals surface area contributed by atoms with E-state index >= 15 is 0 Å². The predicted molar refractivity (Wildman–Crippen MR) is 168 cm³/mol. The minimum atomic E-state index is 0.286. The van der Waals surface area contributed by atoms with Crippen LogP contribution in [0.1, 0.15) is 40.5 Å². The molecule has 0 amide bonds. The second-order valence-corrected chi connectivity index (χ2v) is 9.10. The number of furan rings is 1. The van der Waals surface area contributed by atoms with E-state index in [1.165, 1.54) is 0 Å². The van der Waals surface area contributed by atoms with Crippen LogP contribution in [-0.4, -0.2) is 29.4 Å². The molecule has 0 saturated carbocycles. The molecule has 0 fully saturated rings. The summed E-state index contributed by atoms with van der Waals surface area (Å²) in [5.41, 5.74) is 18.8. The number of aryl methyl sites for hydroxylation is 1. The summed E-state index contributed by atoms with van der Waals surface area (Å²) in [6.07, 6.45) is 11.9. The number of anilines is 1. The molecule has 0 unspecified atom stereocenters. The zero-order valence-electron chi connectivity index (χ0n) is 22.3. The molecule has 0 saturated heterocycles. The highest BCUT2D eigenvalue weighted by Gasteiger charge is 2.13. The lowest BCUT2D eigenvalue weighted by Gasteiger charge is -2.10. The van der Waals surface area contributed by atoms with Crippen molar-refractivity contribution in [1.29, 1.82) is 21.6 Å². The fraction of sp³-hybridized carbons (Fsp3) is 0.0909. The molecule has 2 aliphatic rings. The molecule has 6 rings (SSSR count). The number of hydrogen-bond acceptors (Lipinski definition) is 7. The van der Waals surface area contributed by atoms with E-state index in [4.69, 9.17) is 37.5 Å². The van der Waals surface area contributed by atoms with Crippen molar-refractivity contribution in [1.82, 2.24) is 0 Å². The van der Waals surface area contributed by atoms with E-state index in [1.54, 1.807) is 12.2 Å².